The fraction of sp³-hybridized carbons (Fsp3) is 0.500. The number of hydrogen-bond acceptors (Lipinski definition) is 4. The van der Waals surface area contributed by atoms with Gasteiger partial charge in [0.2, 0.25) is 0 Å². The number of ether oxygens (including phenoxy) is 1. The van der Waals surface area contributed by atoms with Gasteiger partial charge >= 0.3 is 0 Å². The van der Waals surface area contributed by atoms with Crippen LogP contribution in [0.5, 0.6) is 0 Å². The molecule has 22 heavy (non-hydrogen) atoms. The Morgan fingerprint density at radius 3 is 2.77 bits per heavy atom. The van der Waals surface area contributed by atoms with Crippen LogP contribution in [0.2, 0.25) is 0 Å². The van der Waals surface area contributed by atoms with Crippen LogP contribution in [0.15, 0.2) is 30.3 Å². The number of nitrogens with zero attached hydrogens (tertiary/aromatic N) is 1. The van der Waals surface area contributed by atoms with Crippen molar-refractivity contribution >= 4 is 11.8 Å². The second-order valence-electron chi connectivity index (χ2n) is 5.29. The molecule has 1 aliphatic rings. The van der Waals surface area contributed by atoms with Gasteiger partial charge in [-0.2, -0.15) is 0 Å². The summed E-state index contributed by atoms with van der Waals surface area (Å²) in [5.74, 6) is -0.564. The van der Waals surface area contributed by atoms with E-state index in [9.17, 15) is 9.59 Å². The predicted octanol–water partition coefficient (Wildman–Crippen LogP) is 0.949. The van der Waals surface area contributed by atoms with E-state index in [1.807, 2.05) is 6.07 Å². The summed E-state index contributed by atoms with van der Waals surface area (Å²) in [5, 5.41) is 0. The Balaban J connectivity index is 1.86. The van der Waals surface area contributed by atoms with Crippen LogP contribution in [0.25, 0.3) is 0 Å². The molecule has 0 radical (unpaired) electrons. The lowest BCUT2D eigenvalue weighted by Crippen LogP contribution is -2.57. The molecular formula is C16H23N3O3. The van der Waals surface area contributed by atoms with Crippen LogP contribution in [0.1, 0.15) is 30.1 Å². The van der Waals surface area contributed by atoms with Gasteiger partial charge in [-0.05, 0) is 25.1 Å². The minimum absolute atomic E-state index is 0.236. The molecule has 0 aliphatic carbocycles. The van der Waals surface area contributed by atoms with Crippen molar-refractivity contribution in [3.63, 3.8) is 0 Å². The molecule has 2 rings (SSSR count). The third-order valence-electron chi connectivity index (χ3n) is 3.68. The summed E-state index contributed by atoms with van der Waals surface area (Å²) in [6.07, 6.45) is 2.12. The van der Waals surface area contributed by atoms with Crippen LogP contribution >= 0.6 is 0 Å². The first-order valence-corrected chi connectivity index (χ1v) is 7.69. The molecule has 0 saturated carbocycles. The third-order valence-corrected chi connectivity index (χ3v) is 3.68. The first kappa shape index (κ1) is 16.5. The molecule has 2 N–H and O–H groups in total. The van der Waals surface area contributed by atoms with Crippen molar-refractivity contribution in [1.82, 2.24) is 15.8 Å². The van der Waals surface area contributed by atoms with Crippen LogP contribution in [-0.2, 0) is 9.53 Å². The predicted molar refractivity (Wildman–Crippen MR) is 83.1 cm³/mol. The number of carbonyl (C=O) groups is 2. The zero-order chi connectivity index (χ0) is 15.8. The van der Waals surface area contributed by atoms with Crippen molar-refractivity contribution in [3.05, 3.63) is 35.9 Å². The molecule has 1 aromatic rings. The maximum atomic E-state index is 12.3. The largest absolute Gasteiger partial charge is 0.378 e. The van der Waals surface area contributed by atoms with Crippen LogP contribution in [0.3, 0.4) is 0 Å². The summed E-state index contributed by atoms with van der Waals surface area (Å²) in [4.78, 5) is 26.3. The van der Waals surface area contributed by atoms with Gasteiger partial charge in [0.25, 0.3) is 11.8 Å². The Hall–Kier alpha value is -1.92. The summed E-state index contributed by atoms with van der Waals surface area (Å²) >= 11 is 0. The van der Waals surface area contributed by atoms with Gasteiger partial charge in [0.1, 0.15) is 6.04 Å². The number of carbonyl (C=O) groups excluding carboxylic acids is 2. The number of rotatable bonds is 5. The molecule has 1 saturated heterocycles. The molecule has 6 nitrogen and oxygen atoms in total. The molecule has 0 unspecified atom stereocenters. The maximum absolute atomic E-state index is 12.3. The van der Waals surface area contributed by atoms with E-state index in [-0.39, 0.29) is 17.9 Å². The Labute approximate surface area is 130 Å². The first-order chi connectivity index (χ1) is 10.7. The van der Waals surface area contributed by atoms with Gasteiger partial charge in [-0.3, -0.25) is 25.3 Å². The zero-order valence-corrected chi connectivity index (χ0v) is 12.9. The number of hydrazine groups is 1. The third kappa shape index (κ3) is 4.54. The normalized spacial score (nSPS) is 18.7. The molecule has 6 heteroatoms. The number of unbranched alkanes of at least 4 members (excludes halogenated alkanes) is 1. The van der Waals surface area contributed by atoms with Crippen molar-refractivity contribution in [3.8, 4) is 0 Å². The van der Waals surface area contributed by atoms with Gasteiger partial charge in [-0.15, -0.1) is 0 Å². The number of hydrogen-bond donors (Lipinski definition) is 2. The number of morpholine rings is 1. The van der Waals surface area contributed by atoms with Gasteiger partial charge < -0.3 is 4.74 Å². The standard InChI is InChI=1S/C16H23N3O3/c1-2-3-9-19-10-11-22-12-14(19)16(21)18-17-15(20)13-7-5-4-6-8-13/h4-8,14H,2-3,9-12H2,1H3,(H,17,20)(H,18,21)/t14-/m1/s1. The summed E-state index contributed by atoms with van der Waals surface area (Å²) in [6.45, 7) is 4.73. The second kappa shape index (κ2) is 8.51. The SMILES string of the molecule is CCCCN1CCOC[C@@H]1C(=O)NNC(=O)c1ccccc1. The van der Waals surface area contributed by atoms with E-state index in [2.05, 4.69) is 22.7 Å². The zero-order valence-electron chi connectivity index (χ0n) is 12.9. The lowest BCUT2D eigenvalue weighted by atomic mass is 10.2. The van der Waals surface area contributed by atoms with Crippen molar-refractivity contribution in [2.45, 2.75) is 25.8 Å². The van der Waals surface area contributed by atoms with Crippen LogP contribution in [0.4, 0.5) is 0 Å². The second-order valence-corrected chi connectivity index (χ2v) is 5.29. The molecule has 120 valence electrons. The van der Waals surface area contributed by atoms with Crippen LogP contribution in [-0.4, -0.2) is 49.1 Å². The van der Waals surface area contributed by atoms with Gasteiger partial charge in [-0.1, -0.05) is 31.5 Å². The Bertz CT molecular complexity index is 493. The molecule has 0 aromatic heterocycles. The molecule has 1 atom stereocenters. The van der Waals surface area contributed by atoms with Gasteiger partial charge in [0.05, 0.1) is 13.2 Å². The molecule has 1 fully saturated rings. The van der Waals surface area contributed by atoms with E-state index in [0.29, 0.717) is 18.8 Å². The highest BCUT2D eigenvalue weighted by Gasteiger charge is 2.29. The lowest BCUT2D eigenvalue weighted by Gasteiger charge is -2.34. The van der Waals surface area contributed by atoms with Gasteiger partial charge in [0, 0.05) is 12.1 Å². The van der Waals surface area contributed by atoms with E-state index in [0.717, 1.165) is 25.9 Å². The quantitative estimate of drug-likeness (QED) is 0.795. The Morgan fingerprint density at radius 2 is 2.05 bits per heavy atom. The minimum Gasteiger partial charge on any atom is -0.378 e. The average molecular weight is 305 g/mol. The molecular weight excluding hydrogens is 282 g/mol. The van der Waals surface area contributed by atoms with E-state index in [4.69, 9.17) is 4.74 Å². The van der Waals surface area contributed by atoms with Crippen LogP contribution in [0, 0.1) is 0 Å². The average Bonchev–Trinajstić information content (AvgIpc) is 2.58. The first-order valence-electron chi connectivity index (χ1n) is 7.69. The molecule has 0 spiro atoms. The fourth-order valence-corrected chi connectivity index (χ4v) is 2.37. The van der Waals surface area contributed by atoms with Gasteiger partial charge in [0.15, 0.2) is 0 Å². The minimum atomic E-state index is -0.351. The highest BCUT2D eigenvalue weighted by Crippen LogP contribution is 2.08. The van der Waals surface area contributed by atoms with Crippen LogP contribution < -0.4 is 10.9 Å². The topological polar surface area (TPSA) is 70.7 Å². The van der Waals surface area contributed by atoms with E-state index in [1.54, 1.807) is 24.3 Å². The van der Waals surface area contributed by atoms with Crippen molar-refractivity contribution in [2.24, 2.45) is 0 Å². The molecule has 2 amide bonds. The number of benzene rings is 1. The molecule has 1 aliphatic heterocycles. The number of nitrogens with one attached hydrogen (secondary N) is 2. The summed E-state index contributed by atoms with van der Waals surface area (Å²) < 4.78 is 5.39. The smallest absolute Gasteiger partial charge is 0.269 e. The van der Waals surface area contributed by atoms with Crippen molar-refractivity contribution < 1.29 is 14.3 Å². The van der Waals surface area contributed by atoms with Crippen molar-refractivity contribution in [1.29, 1.82) is 0 Å². The van der Waals surface area contributed by atoms with E-state index >= 15 is 0 Å². The summed E-state index contributed by atoms with van der Waals surface area (Å²) in [5.41, 5.74) is 5.45. The molecule has 1 heterocycles. The summed E-state index contributed by atoms with van der Waals surface area (Å²) in [6, 6.07) is 8.42. The number of amides is 2. The maximum Gasteiger partial charge on any atom is 0.269 e. The fourth-order valence-electron chi connectivity index (χ4n) is 2.37. The highest BCUT2D eigenvalue weighted by molar-refractivity contribution is 5.95. The van der Waals surface area contributed by atoms with E-state index < -0.39 is 0 Å². The Morgan fingerprint density at radius 1 is 1.27 bits per heavy atom. The Kier molecular flexibility index (Phi) is 6.36. The molecule has 1 aromatic carbocycles. The van der Waals surface area contributed by atoms with Gasteiger partial charge in [-0.25, -0.2) is 0 Å². The molecule has 0 bridgehead atoms. The van der Waals surface area contributed by atoms with E-state index in [1.165, 1.54) is 0 Å². The monoisotopic (exact) mass is 305 g/mol. The lowest BCUT2D eigenvalue weighted by molar-refractivity contribution is -0.133. The summed E-state index contributed by atoms with van der Waals surface area (Å²) in [7, 11) is 0. The van der Waals surface area contributed by atoms with Crippen molar-refractivity contribution in [2.75, 3.05) is 26.3 Å². The highest BCUT2D eigenvalue weighted by atomic mass is 16.5.